The molecule has 76 valence electrons. The number of carbonyl (C=O) groups is 1. The van der Waals surface area contributed by atoms with Crippen molar-refractivity contribution in [3.8, 4) is 12.3 Å². The molecule has 1 saturated heterocycles. The molecule has 0 amide bonds. The van der Waals surface area contributed by atoms with Gasteiger partial charge in [-0.15, -0.1) is 6.42 Å². The number of hydrogen-bond donors (Lipinski definition) is 0. The summed E-state index contributed by atoms with van der Waals surface area (Å²) in [5.41, 5.74) is 0. The van der Waals surface area contributed by atoms with Gasteiger partial charge in [-0.3, -0.25) is 4.79 Å². The van der Waals surface area contributed by atoms with E-state index in [-0.39, 0.29) is 0 Å². The summed E-state index contributed by atoms with van der Waals surface area (Å²) in [4.78, 5) is 10.7. The summed E-state index contributed by atoms with van der Waals surface area (Å²) in [6.45, 7) is 1.30. The van der Waals surface area contributed by atoms with Gasteiger partial charge in [-0.1, -0.05) is 5.92 Å². The van der Waals surface area contributed by atoms with E-state index in [2.05, 4.69) is 5.92 Å². The van der Waals surface area contributed by atoms with Gasteiger partial charge < -0.3 is 14.2 Å². The Balaban J connectivity index is 2.47. The van der Waals surface area contributed by atoms with Crippen LogP contribution in [0.3, 0.4) is 0 Å². The summed E-state index contributed by atoms with van der Waals surface area (Å²) in [5, 5.41) is 0. The molecular weight excluding hydrogens is 184 g/mol. The molecule has 0 aliphatic carbocycles. The molecule has 1 aliphatic heterocycles. The monoisotopic (exact) mass is 196 g/mol. The highest BCUT2D eigenvalue weighted by molar-refractivity contribution is 5.66. The molecule has 4 heteroatoms. The van der Waals surface area contributed by atoms with E-state index in [1.54, 1.807) is 12.8 Å². The Hall–Kier alpha value is -1.05. The third kappa shape index (κ3) is 2.72. The van der Waals surface area contributed by atoms with Gasteiger partial charge in [0.25, 0.3) is 0 Å². The van der Waals surface area contributed by atoms with Gasteiger partial charge in [0.2, 0.25) is 0 Å². The van der Waals surface area contributed by atoms with Gasteiger partial charge in [0.1, 0.15) is 6.10 Å². The molecule has 1 aliphatic rings. The van der Waals surface area contributed by atoms with E-state index in [0.717, 1.165) is 0 Å². The summed E-state index contributed by atoms with van der Waals surface area (Å²) < 4.78 is 15.1. The van der Waals surface area contributed by atoms with Crippen molar-refractivity contribution in [2.24, 2.45) is 0 Å². The fraction of sp³-hybridized carbons (Fsp3) is 0.500. The van der Waals surface area contributed by atoms with Crippen LogP contribution in [0, 0.1) is 25.2 Å². The zero-order valence-electron chi connectivity index (χ0n) is 8.10. The lowest BCUT2D eigenvalue weighted by Gasteiger charge is -2.18. The molecule has 2 radical (unpaired) electrons. The lowest BCUT2D eigenvalue weighted by atomic mass is 10.1. The average Bonchev–Trinajstić information content (AvgIpc) is 2.62. The standard InChI is InChI=1S/C10H12O4/c1-4-8(13-7(2)11)9-5-6-10(12-3)14-9/h1,5-6,8-10H,2-3H3/t8-,9+,10?/m0/s1. The highest BCUT2D eigenvalue weighted by Crippen LogP contribution is 2.22. The van der Waals surface area contributed by atoms with E-state index >= 15 is 0 Å². The van der Waals surface area contributed by atoms with Crippen LogP contribution in [0.15, 0.2) is 0 Å². The van der Waals surface area contributed by atoms with Crippen LogP contribution in [0.1, 0.15) is 6.92 Å². The zero-order chi connectivity index (χ0) is 10.6. The van der Waals surface area contributed by atoms with Gasteiger partial charge in [-0.2, -0.15) is 0 Å². The predicted molar refractivity (Wildman–Crippen MR) is 48.7 cm³/mol. The van der Waals surface area contributed by atoms with Crippen LogP contribution in [0.5, 0.6) is 0 Å². The molecule has 1 rings (SSSR count). The molecule has 0 N–H and O–H groups in total. The van der Waals surface area contributed by atoms with Crippen LogP contribution >= 0.6 is 0 Å². The number of esters is 1. The molecule has 0 aromatic heterocycles. The van der Waals surface area contributed by atoms with Gasteiger partial charge in [0.15, 0.2) is 12.4 Å². The highest BCUT2D eigenvalue weighted by atomic mass is 16.7. The van der Waals surface area contributed by atoms with Crippen molar-refractivity contribution >= 4 is 5.97 Å². The molecular formula is C10H12O4. The third-order valence-electron chi connectivity index (χ3n) is 1.74. The van der Waals surface area contributed by atoms with E-state index in [0.29, 0.717) is 0 Å². The minimum absolute atomic E-state index is 0.411. The first-order chi connectivity index (χ1) is 6.67. The van der Waals surface area contributed by atoms with Crippen molar-refractivity contribution in [1.82, 2.24) is 0 Å². The minimum atomic E-state index is -0.691. The maximum atomic E-state index is 10.7. The Morgan fingerprint density at radius 2 is 2.36 bits per heavy atom. The minimum Gasteiger partial charge on any atom is -0.447 e. The first-order valence-corrected chi connectivity index (χ1v) is 4.17. The van der Waals surface area contributed by atoms with Gasteiger partial charge in [0, 0.05) is 26.9 Å². The van der Waals surface area contributed by atoms with Crippen LogP contribution < -0.4 is 0 Å². The van der Waals surface area contributed by atoms with E-state index in [4.69, 9.17) is 20.6 Å². The summed E-state index contributed by atoms with van der Waals surface area (Å²) in [7, 11) is 1.52. The molecule has 3 atom stereocenters. The molecule has 1 heterocycles. The van der Waals surface area contributed by atoms with Crippen molar-refractivity contribution in [2.45, 2.75) is 25.4 Å². The summed E-state index contributed by atoms with van der Waals surface area (Å²) in [6, 6.07) is 0. The predicted octanol–water partition coefficient (Wildman–Crippen LogP) is 0.331. The molecule has 0 spiro atoms. The summed E-state index contributed by atoms with van der Waals surface area (Å²) >= 11 is 0. The number of carbonyl (C=O) groups excluding carboxylic acids is 1. The molecule has 14 heavy (non-hydrogen) atoms. The first-order valence-electron chi connectivity index (χ1n) is 4.17. The van der Waals surface area contributed by atoms with Crippen LogP contribution in [0.4, 0.5) is 0 Å². The van der Waals surface area contributed by atoms with Crippen molar-refractivity contribution in [3.63, 3.8) is 0 Å². The molecule has 1 fully saturated rings. The summed E-state index contributed by atoms with van der Waals surface area (Å²) in [6.07, 6.45) is 7.13. The number of hydrogen-bond acceptors (Lipinski definition) is 4. The molecule has 4 nitrogen and oxygen atoms in total. The van der Waals surface area contributed by atoms with E-state index < -0.39 is 24.5 Å². The van der Waals surface area contributed by atoms with Gasteiger partial charge >= 0.3 is 5.97 Å². The zero-order valence-corrected chi connectivity index (χ0v) is 8.10. The van der Waals surface area contributed by atoms with Gasteiger partial charge in [0.05, 0.1) is 0 Å². The largest absolute Gasteiger partial charge is 0.447 e. The maximum absolute atomic E-state index is 10.7. The second kappa shape index (κ2) is 4.99. The van der Waals surface area contributed by atoms with Crippen molar-refractivity contribution in [3.05, 3.63) is 12.8 Å². The van der Waals surface area contributed by atoms with Crippen molar-refractivity contribution in [2.75, 3.05) is 7.11 Å². The number of methoxy groups -OCH3 is 1. The fourth-order valence-corrected chi connectivity index (χ4v) is 1.13. The Morgan fingerprint density at radius 1 is 1.64 bits per heavy atom. The fourth-order valence-electron chi connectivity index (χ4n) is 1.13. The van der Waals surface area contributed by atoms with Crippen molar-refractivity contribution in [1.29, 1.82) is 0 Å². The second-order valence-corrected chi connectivity index (χ2v) is 2.79. The Kier molecular flexibility index (Phi) is 3.93. The van der Waals surface area contributed by atoms with Crippen LogP contribution in [0.2, 0.25) is 0 Å². The quantitative estimate of drug-likeness (QED) is 0.482. The Morgan fingerprint density at radius 3 is 2.79 bits per heavy atom. The Bertz CT molecular complexity index is 243. The Labute approximate surface area is 83.5 Å². The topological polar surface area (TPSA) is 44.8 Å². The number of terminal acetylenes is 1. The molecule has 0 aromatic carbocycles. The smallest absolute Gasteiger partial charge is 0.303 e. The van der Waals surface area contributed by atoms with Crippen molar-refractivity contribution < 1.29 is 19.0 Å². The van der Waals surface area contributed by atoms with E-state index in [1.807, 2.05) is 0 Å². The lowest BCUT2D eigenvalue weighted by Crippen LogP contribution is -2.30. The summed E-state index contributed by atoms with van der Waals surface area (Å²) in [5.74, 6) is 1.92. The SMILES string of the molecule is C#C[C@H](OC(C)=O)[C@H]1[CH][CH]C(OC)O1. The average molecular weight is 196 g/mol. The highest BCUT2D eigenvalue weighted by Gasteiger charge is 2.33. The van der Waals surface area contributed by atoms with E-state index in [1.165, 1.54) is 14.0 Å². The molecule has 1 unspecified atom stereocenters. The molecule has 0 saturated carbocycles. The maximum Gasteiger partial charge on any atom is 0.303 e. The van der Waals surface area contributed by atoms with Gasteiger partial charge in [-0.25, -0.2) is 0 Å². The number of rotatable bonds is 3. The first kappa shape index (κ1) is 11.0. The van der Waals surface area contributed by atoms with E-state index in [9.17, 15) is 4.79 Å². The molecule has 0 bridgehead atoms. The third-order valence-corrected chi connectivity index (χ3v) is 1.74. The lowest BCUT2D eigenvalue weighted by molar-refractivity contribution is -0.157. The van der Waals surface area contributed by atoms with Crippen LogP contribution in [-0.4, -0.2) is 31.6 Å². The van der Waals surface area contributed by atoms with Crippen LogP contribution in [0.25, 0.3) is 0 Å². The van der Waals surface area contributed by atoms with Gasteiger partial charge in [-0.05, 0) is 0 Å². The number of ether oxygens (including phenoxy) is 3. The molecule has 0 aromatic rings. The second-order valence-electron chi connectivity index (χ2n) is 2.79. The normalized spacial score (nSPS) is 28.1. The van der Waals surface area contributed by atoms with Crippen LogP contribution in [-0.2, 0) is 19.0 Å².